The first kappa shape index (κ1) is 12.9. The van der Waals surface area contributed by atoms with E-state index in [-0.39, 0.29) is 11.3 Å². The van der Waals surface area contributed by atoms with E-state index in [4.69, 9.17) is 5.26 Å². The number of hydrogen-bond acceptors (Lipinski definition) is 3. The quantitative estimate of drug-likeness (QED) is 0.937. The van der Waals surface area contributed by atoms with Gasteiger partial charge in [0.15, 0.2) is 0 Å². The summed E-state index contributed by atoms with van der Waals surface area (Å²) in [7, 11) is 0. The lowest BCUT2D eigenvalue weighted by atomic mass is 10.0. The summed E-state index contributed by atoms with van der Waals surface area (Å²) < 4.78 is 0. The van der Waals surface area contributed by atoms with Gasteiger partial charge in [-0.05, 0) is 42.5 Å². The number of amides is 1. The first-order valence-corrected chi connectivity index (χ1v) is 7.44. The summed E-state index contributed by atoms with van der Waals surface area (Å²) in [6.07, 6.45) is 2.26. The minimum Gasteiger partial charge on any atom is -0.351 e. The Morgan fingerprint density at radius 3 is 2.85 bits per heavy atom. The lowest BCUT2D eigenvalue weighted by Crippen LogP contribution is -2.31. The summed E-state index contributed by atoms with van der Waals surface area (Å²) >= 11 is 1.75. The van der Waals surface area contributed by atoms with Crippen molar-refractivity contribution in [2.75, 3.05) is 6.54 Å². The number of rotatable bonds is 4. The monoisotopic (exact) mass is 282 g/mol. The number of nitriles is 1. The molecule has 20 heavy (non-hydrogen) atoms. The zero-order valence-corrected chi connectivity index (χ0v) is 11.7. The Morgan fingerprint density at radius 1 is 1.35 bits per heavy atom. The van der Waals surface area contributed by atoms with Crippen molar-refractivity contribution < 1.29 is 4.79 Å². The molecule has 1 aliphatic carbocycles. The molecular weight excluding hydrogens is 268 g/mol. The fourth-order valence-electron chi connectivity index (χ4n) is 2.32. The average Bonchev–Trinajstić information content (AvgIpc) is 3.08. The standard InChI is InChI=1S/C16H14N2OS/c17-10-12-3-1-4-13(9-12)15(19)18-11-16(6-7-16)14-5-2-8-20-14/h1-5,8-9H,6-7,11H2,(H,18,19). The average molecular weight is 282 g/mol. The second-order valence-electron chi connectivity index (χ2n) is 5.13. The summed E-state index contributed by atoms with van der Waals surface area (Å²) in [5.74, 6) is -0.107. The lowest BCUT2D eigenvalue weighted by Gasteiger charge is -2.14. The van der Waals surface area contributed by atoms with Crippen molar-refractivity contribution in [1.29, 1.82) is 5.26 Å². The largest absolute Gasteiger partial charge is 0.351 e. The molecule has 0 saturated heterocycles. The predicted octanol–water partition coefficient (Wildman–Crippen LogP) is 3.08. The van der Waals surface area contributed by atoms with E-state index in [0.717, 1.165) is 12.8 Å². The Kier molecular flexibility index (Phi) is 3.29. The van der Waals surface area contributed by atoms with Gasteiger partial charge in [-0.15, -0.1) is 11.3 Å². The van der Waals surface area contributed by atoms with Crippen molar-refractivity contribution in [3.05, 3.63) is 57.8 Å². The van der Waals surface area contributed by atoms with E-state index in [9.17, 15) is 4.79 Å². The molecule has 1 fully saturated rings. The molecule has 1 aromatic carbocycles. The molecule has 1 amide bonds. The first-order chi connectivity index (χ1) is 9.73. The number of thiophene rings is 1. The van der Waals surface area contributed by atoms with E-state index in [1.807, 2.05) is 0 Å². The Morgan fingerprint density at radius 2 is 2.20 bits per heavy atom. The van der Waals surface area contributed by atoms with Crippen LogP contribution in [-0.2, 0) is 5.41 Å². The molecule has 100 valence electrons. The van der Waals surface area contributed by atoms with Crippen molar-refractivity contribution in [2.24, 2.45) is 0 Å². The highest BCUT2D eigenvalue weighted by Gasteiger charge is 2.45. The molecule has 1 heterocycles. The van der Waals surface area contributed by atoms with Crippen molar-refractivity contribution in [3.8, 4) is 6.07 Å². The molecule has 0 atom stereocenters. The van der Waals surface area contributed by atoms with Gasteiger partial charge in [-0.1, -0.05) is 12.1 Å². The van der Waals surface area contributed by atoms with Crippen LogP contribution in [0.2, 0.25) is 0 Å². The Hall–Kier alpha value is -2.12. The summed E-state index contributed by atoms with van der Waals surface area (Å²) in [6.45, 7) is 0.670. The lowest BCUT2D eigenvalue weighted by molar-refractivity contribution is 0.0950. The molecule has 0 radical (unpaired) electrons. The molecule has 0 aliphatic heterocycles. The molecule has 1 aromatic heterocycles. The van der Waals surface area contributed by atoms with Gasteiger partial charge in [0.1, 0.15) is 0 Å². The van der Waals surface area contributed by atoms with Crippen LogP contribution in [0.4, 0.5) is 0 Å². The molecule has 0 spiro atoms. The summed E-state index contributed by atoms with van der Waals surface area (Å²) in [4.78, 5) is 13.5. The van der Waals surface area contributed by atoms with Crippen LogP contribution < -0.4 is 5.32 Å². The van der Waals surface area contributed by atoms with E-state index in [1.165, 1.54) is 4.88 Å². The molecule has 3 rings (SSSR count). The molecule has 1 aliphatic rings. The summed E-state index contributed by atoms with van der Waals surface area (Å²) in [5.41, 5.74) is 1.21. The van der Waals surface area contributed by atoms with E-state index in [1.54, 1.807) is 35.6 Å². The van der Waals surface area contributed by atoms with Crippen LogP contribution in [0.1, 0.15) is 33.6 Å². The van der Waals surface area contributed by atoms with Crippen molar-refractivity contribution in [2.45, 2.75) is 18.3 Å². The molecule has 2 aromatic rings. The van der Waals surface area contributed by atoms with Gasteiger partial charge in [0, 0.05) is 22.4 Å². The summed E-state index contributed by atoms with van der Waals surface area (Å²) in [6, 6.07) is 13.0. The number of carbonyl (C=O) groups excluding carboxylic acids is 1. The van der Waals surface area contributed by atoms with Crippen LogP contribution in [0.3, 0.4) is 0 Å². The maximum absolute atomic E-state index is 12.1. The fourth-order valence-corrected chi connectivity index (χ4v) is 3.31. The SMILES string of the molecule is N#Cc1cccc(C(=O)NCC2(c3cccs3)CC2)c1. The fraction of sp³-hybridized carbons (Fsp3) is 0.250. The maximum Gasteiger partial charge on any atom is 0.251 e. The predicted molar refractivity (Wildman–Crippen MR) is 78.7 cm³/mol. The van der Waals surface area contributed by atoms with Gasteiger partial charge in [0.2, 0.25) is 0 Å². The highest BCUT2D eigenvalue weighted by Crippen LogP contribution is 2.49. The molecule has 3 nitrogen and oxygen atoms in total. The highest BCUT2D eigenvalue weighted by atomic mass is 32.1. The van der Waals surface area contributed by atoms with E-state index >= 15 is 0 Å². The Balaban J connectivity index is 1.67. The smallest absolute Gasteiger partial charge is 0.251 e. The van der Waals surface area contributed by atoms with Crippen molar-refractivity contribution in [3.63, 3.8) is 0 Å². The molecule has 0 unspecified atom stereocenters. The maximum atomic E-state index is 12.1. The second kappa shape index (κ2) is 5.10. The molecule has 1 N–H and O–H groups in total. The first-order valence-electron chi connectivity index (χ1n) is 6.56. The van der Waals surface area contributed by atoms with Crippen LogP contribution in [0.15, 0.2) is 41.8 Å². The summed E-state index contributed by atoms with van der Waals surface area (Å²) in [5, 5.41) is 13.9. The van der Waals surface area contributed by atoms with Gasteiger partial charge in [-0.25, -0.2) is 0 Å². The third kappa shape index (κ3) is 2.45. The van der Waals surface area contributed by atoms with Crippen LogP contribution in [0.5, 0.6) is 0 Å². The van der Waals surface area contributed by atoms with Gasteiger partial charge in [0.05, 0.1) is 11.6 Å². The minimum absolute atomic E-state index is 0.107. The number of nitrogens with zero attached hydrogens (tertiary/aromatic N) is 1. The van der Waals surface area contributed by atoms with E-state index in [2.05, 4.69) is 28.9 Å². The van der Waals surface area contributed by atoms with E-state index < -0.39 is 0 Å². The van der Waals surface area contributed by atoms with Crippen LogP contribution in [0.25, 0.3) is 0 Å². The third-order valence-electron chi connectivity index (χ3n) is 3.74. The number of hydrogen-bond donors (Lipinski definition) is 1. The zero-order valence-electron chi connectivity index (χ0n) is 10.9. The molecular formula is C16H14N2OS. The highest BCUT2D eigenvalue weighted by molar-refractivity contribution is 7.10. The van der Waals surface area contributed by atoms with Crippen LogP contribution in [0, 0.1) is 11.3 Å². The van der Waals surface area contributed by atoms with Gasteiger partial charge in [0.25, 0.3) is 5.91 Å². The van der Waals surface area contributed by atoms with Gasteiger partial charge < -0.3 is 5.32 Å². The Labute approximate surface area is 121 Å². The molecule has 1 saturated carbocycles. The minimum atomic E-state index is -0.107. The number of carbonyl (C=O) groups is 1. The molecule has 4 heteroatoms. The van der Waals surface area contributed by atoms with Crippen LogP contribution in [-0.4, -0.2) is 12.5 Å². The van der Waals surface area contributed by atoms with Gasteiger partial charge in [-0.2, -0.15) is 5.26 Å². The topological polar surface area (TPSA) is 52.9 Å². The second-order valence-corrected chi connectivity index (χ2v) is 6.08. The molecule has 0 bridgehead atoms. The normalized spacial score (nSPS) is 15.3. The van der Waals surface area contributed by atoms with Gasteiger partial charge in [-0.3, -0.25) is 4.79 Å². The van der Waals surface area contributed by atoms with Crippen molar-refractivity contribution in [1.82, 2.24) is 5.32 Å². The Bertz CT molecular complexity index is 666. The zero-order chi connectivity index (χ0) is 14.0. The number of nitrogens with one attached hydrogen (secondary N) is 1. The van der Waals surface area contributed by atoms with Gasteiger partial charge >= 0.3 is 0 Å². The number of benzene rings is 1. The van der Waals surface area contributed by atoms with E-state index in [0.29, 0.717) is 17.7 Å². The third-order valence-corrected chi connectivity index (χ3v) is 4.85. The van der Waals surface area contributed by atoms with Crippen molar-refractivity contribution >= 4 is 17.2 Å². The van der Waals surface area contributed by atoms with Crippen LogP contribution >= 0.6 is 11.3 Å².